The van der Waals surface area contributed by atoms with Gasteiger partial charge in [-0.1, -0.05) is 73.5 Å². The predicted octanol–water partition coefficient (Wildman–Crippen LogP) is 3.65. The molecular formula is C27H34N4O3. The van der Waals surface area contributed by atoms with Crippen LogP contribution in [0.25, 0.3) is 0 Å². The number of nitrogens with zero attached hydrogens (tertiary/aromatic N) is 3. The fraction of sp³-hybridized carbons (Fsp3) is 0.481. The van der Waals surface area contributed by atoms with E-state index < -0.39 is 5.60 Å². The first-order valence-electron chi connectivity index (χ1n) is 12.5. The van der Waals surface area contributed by atoms with Gasteiger partial charge in [0, 0.05) is 43.9 Å². The van der Waals surface area contributed by atoms with Gasteiger partial charge in [0.05, 0.1) is 0 Å². The third-order valence-electron chi connectivity index (χ3n) is 7.43. The van der Waals surface area contributed by atoms with Crippen molar-refractivity contribution in [1.82, 2.24) is 20.0 Å². The largest absolute Gasteiger partial charge is 0.431 e. The number of fused-ring (bicyclic) bond motifs is 1. The van der Waals surface area contributed by atoms with Gasteiger partial charge in [-0.2, -0.15) is 0 Å². The summed E-state index contributed by atoms with van der Waals surface area (Å²) in [5.41, 5.74) is 0.890. The Labute approximate surface area is 201 Å². The maximum absolute atomic E-state index is 13.1. The minimum Gasteiger partial charge on any atom is -0.431 e. The number of carbonyl (C=O) groups excluding carboxylic acids is 2. The normalized spacial score (nSPS) is 22.6. The zero-order valence-corrected chi connectivity index (χ0v) is 19.7. The van der Waals surface area contributed by atoms with Crippen molar-refractivity contribution in [2.45, 2.75) is 37.3 Å². The van der Waals surface area contributed by atoms with Gasteiger partial charge in [-0.15, -0.1) is 0 Å². The van der Waals surface area contributed by atoms with Crippen LogP contribution < -0.4 is 5.32 Å². The SMILES string of the molecule is O=C(NCCN1CCCCCC1)N1CCN2C(=O)OC(c3ccccc3)(c3ccccc3)C2C1. The Morgan fingerprint density at radius 1 is 0.882 bits per heavy atom. The molecule has 3 heterocycles. The first kappa shape index (κ1) is 22.7. The lowest BCUT2D eigenvalue weighted by Gasteiger charge is -2.42. The molecule has 0 radical (unpaired) electrons. The van der Waals surface area contributed by atoms with Crippen LogP contribution in [0.15, 0.2) is 60.7 Å². The predicted molar refractivity (Wildman–Crippen MR) is 131 cm³/mol. The molecule has 0 bridgehead atoms. The maximum atomic E-state index is 13.1. The number of hydrogen-bond donors (Lipinski definition) is 1. The van der Waals surface area contributed by atoms with E-state index in [-0.39, 0.29) is 18.2 Å². The van der Waals surface area contributed by atoms with Gasteiger partial charge < -0.3 is 19.9 Å². The standard InChI is InChI=1S/C27H34N4O3/c32-25(28-15-18-29-16-9-1-2-10-17-29)30-19-20-31-24(21-30)27(34-26(31)33,22-11-5-3-6-12-22)23-13-7-4-8-14-23/h3-8,11-14,24H,1-2,9-10,15-21H2,(H,28,32). The maximum Gasteiger partial charge on any atom is 0.411 e. The van der Waals surface area contributed by atoms with Crippen molar-refractivity contribution in [3.63, 3.8) is 0 Å². The van der Waals surface area contributed by atoms with Crippen LogP contribution in [0, 0.1) is 0 Å². The van der Waals surface area contributed by atoms with Gasteiger partial charge in [0.1, 0.15) is 6.04 Å². The second-order valence-electron chi connectivity index (χ2n) is 9.48. The van der Waals surface area contributed by atoms with Crippen molar-refractivity contribution in [1.29, 1.82) is 0 Å². The summed E-state index contributed by atoms with van der Waals surface area (Å²) in [6.45, 7) is 5.15. The first-order chi connectivity index (χ1) is 16.7. The van der Waals surface area contributed by atoms with Crippen LogP contribution in [0.1, 0.15) is 36.8 Å². The Bertz CT molecular complexity index is 936. The van der Waals surface area contributed by atoms with Gasteiger partial charge >= 0.3 is 12.1 Å². The van der Waals surface area contributed by atoms with Gasteiger partial charge in [0.2, 0.25) is 0 Å². The summed E-state index contributed by atoms with van der Waals surface area (Å²) >= 11 is 0. The summed E-state index contributed by atoms with van der Waals surface area (Å²) in [4.78, 5) is 32.2. The molecule has 2 aromatic rings. The molecule has 3 aliphatic heterocycles. The third-order valence-corrected chi connectivity index (χ3v) is 7.43. The Morgan fingerprint density at radius 3 is 2.12 bits per heavy atom. The van der Waals surface area contributed by atoms with E-state index in [0.717, 1.165) is 30.8 Å². The second kappa shape index (κ2) is 10.1. The molecule has 1 atom stereocenters. The van der Waals surface area contributed by atoms with Crippen LogP contribution in [0.2, 0.25) is 0 Å². The molecule has 1 unspecified atom stereocenters. The lowest BCUT2D eigenvalue weighted by molar-refractivity contribution is 0.0511. The topological polar surface area (TPSA) is 65.1 Å². The number of ether oxygens (including phenoxy) is 1. The summed E-state index contributed by atoms with van der Waals surface area (Å²) < 4.78 is 6.19. The number of rotatable bonds is 5. The minimum atomic E-state index is -0.954. The number of carbonyl (C=O) groups is 2. The molecule has 34 heavy (non-hydrogen) atoms. The van der Waals surface area contributed by atoms with Crippen molar-refractivity contribution in [2.75, 3.05) is 45.8 Å². The summed E-state index contributed by atoms with van der Waals surface area (Å²) in [5, 5.41) is 3.12. The Kier molecular flexibility index (Phi) is 6.72. The molecule has 1 N–H and O–H groups in total. The van der Waals surface area contributed by atoms with Gasteiger partial charge in [0.25, 0.3) is 0 Å². The zero-order chi connectivity index (χ0) is 23.4. The molecule has 3 aliphatic rings. The smallest absolute Gasteiger partial charge is 0.411 e. The summed E-state index contributed by atoms with van der Waals surface area (Å²) in [6, 6.07) is 19.4. The fourth-order valence-corrected chi connectivity index (χ4v) is 5.63. The van der Waals surface area contributed by atoms with Crippen LogP contribution in [-0.4, -0.2) is 78.7 Å². The van der Waals surface area contributed by atoms with E-state index in [0.29, 0.717) is 26.2 Å². The van der Waals surface area contributed by atoms with Gasteiger partial charge in [0.15, 0.2) is 5.60 Å². The van der Waals surface area contributed by atoms with Crippen molar-refractivity contribution >= 4 is 12.1 Å². The highest BCUT2D eigenvalue weighted by atomic mass is 16.6. The van der Waals surface area contributed by atoms with Crippen LogP contribution in [-0.2, 0) is 10.3 Å². The monoisotopic (exact) mass is 462 g/mol. The number of likely N-dealkylation sites (tertiary alicyclic amines) is 1. The van der Waals surface area contributed by atoms with E-state index in [1.54, 1.807) is 4.90 Å². The van der Waals surface area contributed by atoms with Crippen LogP contribution in [0.5, 0.6) is 0 Å². The van der Waals surface area contributed by atoms with Gasteiger partial charge in [-0.25, -0.2) is 9.59 Å². The highest BCUT2D eigenvalue weighted by molar-refractivity contribution is 5.77. The molecule has 0 aliphatic carbocycles. The molecule has 5 rings (SSSR count). The number of hydrogen-bond acceptors (Lipinski definition) is 4. The number of amides is 3. The molecule has 180 valence electrons. The molecule has 7 heteroatoms. The first-order valence-corrected chi connectivity index (χ1v) is 12.5. The van der Waals surface area contributed by atoms with Crippen molar-refractivity contribution in [3.8, 4) is 0 Å². The Morgan fingerprint density at radius 2 is 1.50 bits per heavy atom. The van der Waals surface area contributed by atoms with E-state index in [2.05, 4.69) is 10.2 Å². The van der Waals surface area contributed by atoms with Crippen molar-refractivity contribution in [2.24, 2.45) is 0 Å². The average molecular weight is 463 g/mol. The van der Waals surface area contributed by atoms with Crippen LogP contribution >= 0.6 is 0 Å². The Hall–Kier alpha value is -3.06. The molecule has 3 fully saturated rings. The van der Waals surface area contributed by atoms with Gasteiger partial charge in [-0.05, 0) is 25.9 Å². The zero-order valence-electron chi connectivity index (χ0n) is 19.7. The van der Waals surface area contributed by atoms with E-state index in [4.69, 9.17) is 4.74 Å². The van der Waals surface area contributed by atoms with E-state index >= 15 is 0 Å². The average Bonchev–Trinajstić information content (AvgIpc) is 3.02. The van der Waals surface area contributed by atoms with Crippen molar-refractivity contribution in [3.05, 3.63) is 71.8 Å². The number of urea groups is 1. The molecule has 3 amide bonds. The Balaban J connectivity index is 1.33. The van der Waals surface area contributed by atoms with Crippen molar-refractivity contribution < 1.29 is 14.3 Å². The summed E-state index contributed by atoms with van der Waals surface area (Å²) in [5.74, 6) is 0. The molecular weight excluding hydrogens is 428 g/mol. The lowest BCUT2D eigenvalue weighted by atomic mass is 9.79. The minimum absolute atomic E-state index is 0.0659. The van der Waals surface area contributed by atoms with Gasteiger partial charge in [-0.3, -0.25) is 4.90 Å². The fourth-order valence-electron chi connectivity index (χ4n) is 5.63. The molecule has 2 aromatic carbocycles. The number of cyclic esters (lactones) is 1. The molecule has 3 saturated heterocycles. The molecule has 0 saturated carbocycles. The van der Waals surface area contributed by atoms with E-state index in [9.17, 15) is 9.59 Å². The van der Waals surface area contributed by atoms with E-state index in [1.807, 2.05) is 65.6 Å². The summed E-state index contributed by atoms with van der Waals surface area (Å²) in [7, 11) is 0. The van der Waals surface area contributed by atoms with Crippen LogP contribution in [0.3, 0.4) is 0 Å². The lowest BCUT2D eigenvalue weighted by Crippen LogP contribution is -2.60. The van der Waals surface area contributed by atoms with E-state index in [1.165, 1.54) is 25.7 Å². The number of benzene rings is 2. The second-order valence-corrected chi connectivity index (χ2v) is 9.48. The molecule has 0 spiro atoms. The number of nitrogens with one attached hydrogen (secondary N) is 1. The molecule has 0 aromatic heterocycles. The highest BCUT2D eigenvalue weighted by Crippen LogP contribution is 2.45. The number of piperazine rings is 1. The van der Waals surface area contributed by atoms with Crippen LogP contribution in [0.4, 0.5) is 9.59 Å². The highest BCUT2D eigenvalue weighted by Gasteiger charge is 2.58. The third kappa shape index (κ3) is 4.37. The molecule has 7 nitrogen and oxygen atoms in total. The summed E-state index contributed by atoms with van der Waals surface area (Å²) in [6.07, 6.45) is 4.78. The quantitative estimate of drug-likeness (QED) is 0.737.